The van der Waals surface area contributed by atoms with Crippen LogP contribution in [0, 0.1) is 6.92 Å². The fourth-order valence-electron chi connectivity index (χ4n) is 1.48. The molecule has 1 aromatic carbocycles. The molecule has 1 aromatic heterocycles. The molecule has 0 radical (unpaired) electrons. The van der Waals surface area contributed by atoms with Gasteiger partial charge in [0.25, 0.3) is 0 Å². The summed E-state index contributed by atoms with van der Waals surface area (Å²) >= 11 is 5.06. The van der Waals surface area contributed by atoms with Crippen molar-refractivity contribution >= 4 is 27.3 Å². The smallest absolute Gasteiger partial charge is 0.105 e. The highest BCUT2D eigenvalue weighted by Crippen LogP contribution is 2.27. The van der Waals surface area contributed by atoms with Crippen LogP contribution in [0.2, 0.25) is 0 Å². The molecule has 0 saturated carbocycles. The van der Waals surface area contributed by atoms with E-state index < -0.39 is 6.10 Å². The van der Waals surface area contributed by atoms with Crippen LogP contribution in [0.25, 0.3) is 0 Å². The summed E-state index contributed by atoms with van der Waals surface area (Å²) < 4.78 is 0.992. The van der Waals surface area contributed by atoms with Gasteiger partial charge >= 0.3 is 0 Å². The topological polar surface area (TPSA) is 20.2 Å². The molecule has 78 valence electrons. The van der Waals surface area contributed by atoms with Crippen LogP contribution in [-0.2, 0) is 0 Å². The number of rotatable bonds is 2. The van der Waals surface area contributed by atoms with Crippen LogP contribution in [0.3, 0.4) is 0 Å². The molecular weight excluding hydrogens is 272 g/mol. The van der Waals surface area contributed by atoms with Gasteiger partial charge in [-0.3, -0.25) is 0 Å². The molecule has 1 atom stereocenters. The van der Waals surface area contributed by atoms with E-state index in [1.807, 2.05) is 42.6 Å². The van der Waals surface area contributed by atoms with E-state index in [0.29, 0.717) is 0 Å². The standard InChI is InChI=1S/C12H11BrOS/c1-8-5-10(7-15-8)12(14)9-3-2-4-11(13)6-9/h2-7,12,14H,1H3. The molecular formula is C12H11BrOS. The molecule has 1 unspecified atom stereocenters. The third kappa shape index (κ3) is 2.48. The molecule has 15 heavy (non-hydrogen) atoms. The van der Waals surface area contributed by atoms with E-state index in [2.05, 4.69) is 15.9 Å². The summed E-state index contributed by atoms with van der Waals surface area (Å²) in [4.78, 5) is 1.22. The Morgan fingerprint density at radius 3 is 2.67 bits per heavy atom. The van der Waals surface area contributed by atoms with Crippen LogP contribution in [-0.4, -0.2) is 5.11 Å². The second-order valence-corrected chi connectivity index (χ2v) is 5.48. The first kappa shape index (κ1) is 10.9. The predicted molar refractivity (Wildman–Crippen MR) is 67.3 cm³/mol. The SMILES string of the molecule is Cc1cc(C(O)c2cccc(Br)c2)cs1. The van der Waals surface area contributed by atoms with E-state index in [9.17, 15) is 5.11 Å². The number of halogens is 1. The first-order valence-corrected chi connectivity index (χ1v) is 6.32. The van der Waals surface area contributed by atoms with E-state index in [1.165, 1.54) is 4.88 Å². The van der Waals surface area contributed by atoms with Gasteiger partial charge in [-0.1, -0.05) is 28.1 Å². The fraction of sp³-hybridized carbons (Fsp3) is 0.167. The van der Waals surface area contributed by atoms with Crippen LogP contribution in [0.5, 0.6) is 0 Å². The second kappa shape index (κ2) is 4.47. The summed E-state index contributed by atoms with van der Waals surface area (Å²) in [6, 6.07) is 9.79. The van der Waals surface area contributed by atoms with Crippen molar-refractivity contribution in [2.75, 3.05) is 0 Å². The third-order valence-electron chi connectivity index (χ3n) is 2.23. The van der Waals surface area contributed by atoms with Gasteiger partial charge in [0.15, 0.2) is 0 Å². The number of aliphatic hydroxyl groups is 1. The van der Waals surface area contributed by atoms with Crippen molar-refractivity contribution in [1.29, 1.82) is 0 Å². The molecule has 1 heterocycles. The van der Waals surface area contributed by atoms with Crippen molar-refractivity contribution < 1.29 is 5.11 Å². The zero-order valence-corrected chi connectivity index (χ0v) is 10.7. The van der Waals surface area contributed by atoms with Gasteiger partial charge in [-0.05, 0) is 41.6 Å². The maximum atomic E-state index is 10.1. The van der Waals surface area contributed by atoms with E-state index in [-0.39, 0.29) is 0 Å². The minimum absolute atomic E-state index is 0.521. The zero-order valence-electron chi connectivity index (χ0n) is 8.27. The van der Waals surface area contributed by atoms with Crippen molar-refractivity contribution in [2.45, 2.75) is 13.0 Å². The number of benzene rings is 1. The van der Waals surface area contributed by atoms with E-state index in [0.717, 1.165) is 15.6 Å². The Bertz CT molecular complexity index is 464. The minimum Gasteiger partial charge on any atom is -0.384 e. The van der Waals surface area contributed by atoms with Gasteiger partial charge in [-0.25, -0.2) is 0 Å². The molecule has 0 fully saturated rings. The van der Waals surface area contributed by atoms with Crippen LogP contribution in [0.1, 0.15) is 22.1 Å². The van der Waals surface area contributed by atoms with Crippen molar-refractivity contribution in [2.24, 2.45) is 0 Å². The highest BCUT2D eigenvalue weighted by molar-refractivity contribution is 9.10. The molecule has 0 aliphatic heterocycles. The lowest BCUT2D eigenvalue weighted by Crippen LogP contribution is -1.97. The highest BCUT2D eigenvalue weighted by atomic mass is 79.9. The Kier molecular flexibility index (Phi) is 3.24. The lowest BCUT2D eigenvalue weighted by atomic mass is 10.0. The largest absolute Gasteiger partial charge is 0.384 e. The van der Waals surface area contributed by atoms with Gasteiger partial charge in [-0.15, -0.1) is 11.3 Å². The van der Waals surface area contributed by atoms with Crippen LogP contribution in [0.15, 0.2) is 40.2 Å². The number of aliphatic hydroxyl groups excluding tert-OH is 1. The maximum absolute atomic E-state index is 10.1. The predicted octanol–water partition coefficient (Wildman–Crippen LogP) is 3.90. The van der Waals surface area contributed by atoms with E-state index in [1.54, 1.807) is 11.3 Å². The summed E-state index contributed by atoms with van der Waals surface area (Å²) in [5, 5.41) is 12.1. The number of hydrogen-bond donors (Lipinski definition) is 1. The summed E-state index contributed by atoms with van der Waals surface area (Å²) in [6.07, 6.45) is -0.521. The number of hydrogen-bond acceptors (Lipinski definition) is 2. The van der Waals surface area contributed by atoms with Crippen molar-refractivity contribution in [3.63, 3.8) is 0 Å². The molecule has 0 aliphatic rings. The molecule has 0 aliphatic carbocycles. The monoisotopic (exact) mass is 282 g/mol. The molecule has 2 aromatic rings. The van der Waals surface area contributed by atoms with Crippen LogP contribution in [0.4, 0.5) is 0 Å². The van der Waals surface area contributed by atoms with Gasteiger partial charge in [-0.2, -0.15) is 0 Å². The minimum atomic E-state index is -0.521. The lowest BCUT2D eigenvalue weighted by molar-refractivity contribution is 0.220. The molecule has 1 N–H and O–H groups in total. The Labute approximate surface area is 102 Å². The summed E-state index contributed by atoms with van der Waals surface area (Å²) in [5.74, 6) is 0. The third-order valence-corrected chi connectivity index (χ3v) is 3.60. The Morgan fingerprint density at radius 1 is 1.27 bits per heavy atom. The fourth-order valence-corrected chi connectivity index (χ4v) is 2.62. The Balaban J connectivity index is 2.32. The molecule has 0 amide bonds. The summed E-state index contributed by atoms with van der Waals surface area (Å²) in [5.41, 5.74) is 1.89. The normalized spacial score (nSPS) is 12.7. The molecule has 1 nitrogen and oxygen atoms in total. The van der Waals surface area contributed by atoms with Crippen molar-refractivity contribution in [3.8, 4) is 0 Å². The van der Waals surface area contributed by atoms with Crippen molar-refractivity contribution in [3.05, 3.63) is 56.2 Å². The maximum Gasteiger partial charge on any atom is 0.105 e. The number of thiophene rings is 1. The molecule has 0 bridgehead atoms. The Hall–Kier alpha value is -0.640. The van der Waals surface area contributed by atoms with E-state index in [4.69, 9.17) is 0 Å². The van der Waals surface area contributed by atoms with Gasteiger partial charge in [0.05, 0.1) is 0 Å². The second-order valence-electron chi connectivity index (χ2n) is 3.45. The quantitative estimate of drug-likeness (QED) is 0.886. The van der Waals surface area contributed by atoms with Crippen LogP contribution >= 0.6 is 27.3 Å². The Morgan fingerprint density at radius 2 is 2.07 bits per heavy atom. The highest BCUT2D eigenvalue weighted by Gasteiger charge is 2.11. The van der Waals surface area contributed by atoms with Gasteiger partial charge in [0.1, 0.15) is 6.10 Å². The average molecular weight is 283 g/mol. The van der Waals surface area contributed by atoms with Gasteiger partial charge in [0.2, 0.25) is 0 Å². The first-order chi connectivity index (χ1) is 7.16. The first-order valence-electron chi connectivity index (χ1n) is 4.65. The molecule has 3 heteroatoms. The van der Waals surface area contributed by atoms with E-state index >= 15 is 0 Å². The molecule has 2 rings (SSSR count). The average Bonchev–Trinajstić information content (AvgIpc) is 2.64. The van der Waals surface area contributed by atoms with Gasteiger partial charge in [0, 0.05) is 9.35 Å². The zero-order chi connectivity index (χ0) is 10.8. The van der Waals surface area contributed by atoms with Crippen molar-refractivity contribution in [1.82, 2.24) is 0 Å². The number of aryl methyl sites for hydroxylation is 1. The summed E-state index contributed by atoms with van der Waals surface area (Å²) in [7, 11) is 0. The van der Waals surface area contributed by atoms with Gasteiger partial charge < -0.3 is 5.11 Å². The van der Waals surface area contributed by atoms with Crippen LogP contribution < -0.4 is 0 Å². The molecule has 0 saturated heterocycles. The summed E-state index contributed by atoms with van der Waals surface area (Å²) in [6.45, 7) is 2.04. The lowest BCUT2D eigenvalue weighted by Gasteiger charge is -2.09. The molecule has 0 spiro atoms.